The van der Waals surface area contributed by atoms with Crippen molar-refractivity contribution in [2.24, 2.45) is 0 Å². The van der Waals surface area contributed by atoms with Gasteiger partial charge in [-0.25, -0.2) is 0 Å². The maximum atomic E-state index is 3.59. The van der Waals surface area contributed by atoms with E-state index in [0.717, 1.165) is 6.04 Å². The summed E-state index contributed by atoms with van der Waals surface area (Å²) in [7, 11) is 2.16. The quantitative estimate of drug-likeness (QED) is 0.795. The van der Waals surface area contributed by atoms with Gasteiger partial charge in [-0.05, 0) is 53.1 Å². The van der Waals surface area contributed by atoms with E-state index < -0.39 is 0 Å². The lowest BCUT2D eigenvalue weighted by Crippen LogP contribution is -2.54. The summed E-state index contributed by atoms with van der Waals surface area (Å²) in [6.07, 6.45) is 11.3. The molecule has 2 nitrogen and oxygen atoms in total. The van der Waals surface area contributed by atoms with Crippen LogP contribution in [0.15, 0.2) is 0 Å². The highest BCUT2D eigenvalue weighted by Crippen LogP contribution is 2.34. The largest absolute Gasteiger partial charge is 0.315 e. The van der Waals surface area contributed by atoms with E-state index in [1.165, 1.54) is 57.9 Å². The maximum absolute atomic E-state index is 3.59. The summed E-state index contributed by atoms with van der Waals surface area (Å²) in [5.41, 5.74) is 0.430. The Kier molecular flexibility index (Phi) is 4.48. The molecule has 0 aromatic heterocycles. The molecule has 2 aliphatic rings. The second kappa shape index (κ2) is 5.71. The van der Waals surface area contributed by atoms with Crippen molar-refractivity contribution in [3.63, 3.8) is 0 Å². The van der Waals surface area contributed by atoms with Crippen molar-refractivity contribution in [1.29, 1.82) is 0 Å². The third kappa shape index (κ3) is 3.03. The highest BCUT2D eigenvalue weighted by molar-refractivity contribution is 4.96. The Hall–Kier alpha value is -0.0800. The average molecular weight is 238 g/mol. The maximum Gasteiger partial charge on any atom is 0.0254 e. The summed E-state index contributed by atoms with van der Waals surface area (Å²) in [4.78, 5) is 2.81. The van der Waals surface area contributed by atoms with Gasteiger partial charge in [0.1, 0.15) is 0 Å². The Morgan fingerprint density at radius 2 is 1.71 bits per heavy atom. The van der Waals surface area contributed by atoms with E-state index in [9.17, 15) is 0 Å². The molecule has 0 amide bonds. The molecule has 2 unspecified atom stereocenters. The Labute approximate surface area is 107 Å². The van der Waals surface area contributed by atoms with Gasteiger partial charge < -0.3 is 5.32 Å². The molecule has 1 heterocycles. The molecule has 2 fully saturated rings. The van der Waals surface area contributed by atoms with Crippen molar-refractivity contribution in [3.8, 4) is 0 Å². The Bertz CT molecular complexity index is 237. The summed E-state index contributed by atoms with van der Waals surface area (Å²) >= 11 is 0. The van der Waals surface area contributed by atoms with Crippen LogP contribution in [-0.4, -0.2) is 36.1 Å². The van der Waals surface area contributed by atoms with Crippen LogP contribution in [0.3, 0.4) is 0 Å². The third-order valence-corrected chi connectivity index (χ3v) is 4.97. The van der Waals surface area contributed by atoms with Gasteiger partial charge in [0, 0.05) is 17.6 Å². The lowest BCUT2D eigenvalue weighted by atomic mass is 9.89. The number of likely N-dealkylation sites (N-methyl/N-ethyl adjacent to an activating group) is 1. The molecule has 0 aromatic carbocycles. The fourth-order valence-electron chi connectivity index (χ4n) is 3.92. The average Bonchev–Trinajstić information content (AvgIpc) is 2.59. The zero-order valence-electron chi connectivity index (χ0n) is 12.0. The summed E-state index contributed by atoms with van der Waals surface area (Å²) < 4.78 is 0. The van der Waals surface area contributed by atoms with Gasteiger partial charge in [0.15, 0.2) is 0 Å². The Morgan fingerprint density at radius 3 is 2.29 bits per heavy atom. The number of rotatable bonds is 2. The third-order valence-electron chi connectivity index (χ3n) is 4.97. The number of nitrogens with one attached hydrogen (secondary N) is 1. The standard InChI is InChI=1S/C15H30N2/c1-15(2)11-8-12-17(15)14-10-7-5-4-6-9-13(14)16-3/h13-14,16H,4-12H2,1-3H3. The van der Waals surface area contributed by atoms with Crippen molar-refractivity contribution in [3.05, 3.63) is 0 Å². The second-order valence-electron chi connectivity index (χ2n) is 6.56. The molecule has 1 aliphatic carbocycles. The van der Waals surface area contributed by atoms with Gasteiger partial charge in [-0.1, -0.05) is 25.7 Å². The second-order valence-corrected chi connectivity index (χ2v) is 6.56. The van der Waals surface area contributed by atoms with Crippen LogP contribution < -0.4 is 5.32 Å². The summed E-state index contributed by atoms with van der Waals surface area (Å²) in [6.45, 7) is 6.19. The van der Waals surface area contributed by atoms with Crippen LogP contribution in [0.1, 0.15) is 65.2 Å². The lowest BCUT2D eigenvalue weighted by Gasteiger charge is -2.43. The SMILES string of the molecule is CNC1CCCCCCC1N1CCCC1(C)C. The highest BCUT2D eigenvalue weighted by atomic mass is 15.3. The van der Waals surface area contributed by atoms with E-state index in [-0.39, 0.29) is 0 Å². The highest BCUT2D eigenvalue weighted by Gasteiger charge is 2.39. The van der Waals surface area contributed by atoms with Crippen molar-refractivity contribution >= 4 is 0 Å². The van der Waals surface area contributed by atoms with E-state index in [4.69, 9.17) is 0 Å². The van der Waals surface area contributed by atoms with Crippen molar-refractivity contribution in [2.45, 2.75) is 82.8 Å². The predicted octanol–water partition coefficient (Wildman–Crippen LogP) is 3.17. The Morgan fingerprint density at radius 1 is 1.00 bits per heavy atom. The molecule has 1 saturated carbocycles. The molecule has 1 N–H and O–H groups in total. The molecule has 100 valence electrons. The molecule has 2 atom stereocenters. The topological polar surface area (TPSA) is 15.3 Å². The zero-order valence-corrected chi connectivity index (χ0v) is 12.0. The zero-order chi connectivity index (χ0) is 12.3. The smallest absolute Gasteiger partial charge is 0.0254 e. The molecule has 1 aliphatic heterocycles. The first-order chi connectivity index (χ1) is 8.15. The Balaban J connectivity index is 2.08. The van der Waals surface area contributed by atoms with E-state index in [1.807, 2.05) is 0 Å². The van der Waals surface area contributed by atoms with Gasteiger partial charge in [-0.15, -0.1) is 0 Å². The first-order valence-electron chi connectivity index (χ1n) is 7.59. The fraction of sp³-hybridized carbons (Fsp3) is 1.00. The van der Waals surface area contributed by atoms with Crippen LogP contribution in [0.5, 0.6) is 0 Å². The van der Waals surface area contributed by atoms with Crippen molar-refractivity contribution < 1.29 is 0 Å². The van der Waals surface area contributed by atoms with Gasteiger partial charge >= 0.3 is 0 Å². The molecular weight excluding hydrogens is 208 g/mol. The van der Waals surface area contributed by atoms with E-state index >= 15 is 0 Å². The van der Waals surface area contributed by atoms with Gasteiger partial charge in [0.25, 0.3) is 0 Å². The first-order valence-corrected chi connectivity index (χ1v) is 7.59. The van der Waals surface area contributed by atoms with Gasteiger partial charge in [0.05, 0.1) is 0 Å². The van der Waals surface area contributed by atoms with Crippen LogP contribution in [0.25, 0.3) is 0 Å². The molecular formula is C15H30N2. The minimum absolute atomic E-state index is 0.430. The van der Waals surface area contributed by atoms with E-state index in [0.29, 0.717) is 11.6 Å². The monoisotopic (exact) mass is 238 g/mol. The van der Waals surface area contributed by atoms with Crippen molar-refractivity contribution in [1.82, 2.24) is 10.2 Å². The molecule has 0 aromatic rings. The van der Waals surface area contributed by atoms with Crippen LogP contribution in [0.2, 0.25) is 0 Å². The molecule has 0 radical (unpaired) electrons. The van der Waals surface area contributed by atoms with E-state index in [2.05, 4.69) is 31.1 Å². The fourth-order valence-corrected chi connectivity index (χ4v) is 3.92. The minimum atomic E-state index is 0.430. The lowest BCUT2D eigenvalue weighted by molar-refractivity contribution is 0.0763. The normalized spacial score (nSPS) is 35.5. The predicted molar refractivity (Wildman–Crippen MR) is 74.4 cm³/mol. The minimum Gasteiger partial charge on any atom is -0.315 e. The summed E-state index contributed by atoms with van der Waals surface area (Å²) in [5, 5.41) is 3.59. The number of nitrogens with zero attached hydrogens (tertiary/aromatic N) is 1. The van der Waals surface area contributed by atoms with Crippen LogP contribution in [0.4, 0.5) is 0 Å². The van der Waals surface area contributed by atoms with Crippen LogP contribution in [-0.2, 0) is 0 Å². The number of likely N-dealkylation sites (tertiary alicyclic amines) is 1. The number of hydrogen-bond donors (Lipinski definition) is 1. The first kappa shape index (κ1) is 13.4. The van der Waals surface area contributed by atoms with Crippen LogP contribution in [0, 0.1) is 0 Å². The molecule has 1 saturated heterocycles. The molecule has 2 heteroatoms. The summed E-state index contributed by atoms with van der Waals surface area (Å²) in [6, 6.07) is 1.49. The molecule has 2 rings (SSSR count). The van der Waals surface area contributed by atoms with E-state index in [1.54, 1.807) is 0 Å². The van der Waals surface area contributed by atoms with Gasteiger partial charge in [-0.3, -0.25) is 4.90 Å². The number of hydrogen-bond acceptors (Lipinski definition) is 2. The van der Waals surface area contributed by atoms with Gasteiger partial charge in [0.2, 0.25) is 0 Å². The van der Waals surface area contributed by atoms with Crippen LogP contribution >= 0.6 is 0 Å². The molecule has 0 spiro atoms. The molecule has 0 bridgehead atoms. The summed E-state index contributed by atoms with van der Waals surface area (Å²) in [5.74, 6) is 0. The molecule has 17 heavy (non-hydrogen) atoms. The van der Waals surface area contributed by atoms with Crippen molar-refractivity contribution in [2.75, 3.05) is 13.6 Å². The van der Waals surface area contributed by atoms with Gasteiger partial charge in [-0.2, -0.15) is 0 Å².